The molecule has 0 aliphatic carbocycles. The lowest BCUT2D eigenvalue weighted by Gasteiger charge is -2.20. The van der Waals surface area contributed by atoms with Gasteiger partial charge in [-0.2, -0.15) is 0 Å². The van der Waals surface area contributed by atoms with E-state index in [0.29, 0.717) is 31.1 Å². The van der Waals surface area contributed by atoms with E-state index < -0.39 is 5.82 Å². The third-order valence-corrected chi connectivity index (χ3v) is 6.53. The summed E-state index contributed by atoms with van der Waals surface area (Å²) in [6.07, 6.45) is 7.37. The summed E-state index contributed by atoms with van der Waals surface area (Å²) in [5.41, 5.74) is 2.47. The molecule has 2 aliphatic rings. The minimum atomic E-state index is -0.435. The number of amides is 1. The molecule has 1 aromatic carbocycles. The molecule has 1 atom stereocenters. The predicted octanol–water partition coefficient (Wildman–Crippen LogP) is 4.81. The molecule has 0 radical (unpaired) electrons. The van der Waals surface area contributed by atoms with Crippen molar-refractivity contribution in [2.24, 2.45) is 0 Å². The molecule has 164 valence electrons. The molecular formula is C23H21FN4O3S. The van der Waals surface area contributed by atoms with Crippen LogP contribution < -0.4 is 15.4 Å². The van der Waals surface area contributed by atoms with Gasteiger partial charge in [-0.1, -0.05) is 12.2 Å². The summed E-state index contributed by atoms with van der Waals surface area (Å²) >= 11 is 1.55. The van der Waals surface area contributed by atoms with Crippen molar-refractivity contribution in [2.75, 3.05) is 32.1 Å². The molecule has 7 nitrogen and oxygen atoms in total. The number of aromatic nitrogens is 1. The monoisotopic (exact) mass is 452 g/mol. The smallest absolute Gasteiger partial charge is 0.410 e. The van der Waals surface area contributed by atoms with Crippen LogP contribution in [0.15, 0.2) is 60.5 Å². The Kier molecular flexibility index (Phi) is 5.40. The highest BCUT2D eigenvalue weighted by molar-refractivity contribution is 7.19. The van der Waals surface area contributed by atoms with Gasteiger partial charge in [0.2, 0.25) is 0 Å². The number of hydrogen-bond acceptors (Lipinski definition) is 7. The summed E-state index contributed by atoms with van der Waals surface area (Å²) in [7, 11) is 1.74. The fourth-order valence-electron chi connectivity index (χ4n) is 3.61. The normalized spacial score (nSPS) is 17.8. The van der Waals surface area contributed by atoms with Crippen LogP contribution in [-0.2, 0) is 4.74 Å². The summed E-state index contributed by atoms with van der Waals surface area (Å²) in [4.78, 5) is 18.8. The Morgan fingerprint density at radius 1 is 1.34 bits per heavy atom. The SMILES string of the molecule is CNc1ccc(Oc2ccnc3cc(C4C=CC(CN5CCOC5=O)=CN4)sc23)c(F)c1. The lowest BCUT2D eigenvalue weighted by Crippen LogP contribution is -2.28. The number of halogens is 1. The number of ether oxygens (including phenoxy) is 2. The minimum absolute atomic E-state index is 0.0250. The molecule has 2 aliphatic heterocycles. The zero-order valence-corrected chi connectivity index (χ0v) is 18.1. The highest BCUT2D eigenvalue weighted by atomic mass is 32.1. The largest absolute Gasteiger partial charge is 0.453 e. The van der Waals surface area contributed by atoms with Crippen molar-refractivity contribution in [2.45, 2.75) is 6.04 Å². The molecule has 0 saturated carbocycles. The van der Waals surface area contributed by atoms with E-state index >= 15 is 0 Å². The first-order valence-electron chi connectivity index (χ1n) is 10.2. The zero-order valence-electron chi connectivity index (χ0n) is 17.3. The fraction of sp³-hybridized carbons (Fsp3) is 0.217. The number of thiophene rings is 1. The minimum Gasteiger partial charge on any atom is -0.453 e. The zero-order chi connectivity index (χ0) is 22.1. The first-order valence-corrected chi connectivity index (χ1v) is 11.0. The van der Waals surface area contributed by atoms with Gasteiger partial charge in [-0.3, -0.25) is 4.98 Å². The van der Waals surface area contributed by atoms with Gasteiger partial charge in [-0.25, -0.2) is 9.18 Å². The van der Waals surface area contributed by atoms with Gasteiger partial charge in [0.25, 0.3) is 0 Å². The summed E-state index contributed by atoms with van der Waals surface area (Å²) < 4.78 is 26.1. The predicted molar refractivity (Wildman–Crippen MR) is 122 cm³/mol. The summed E-state index contributed by atoms with van der Waals surface area (Å²) in [5.74, 6) is 0.288. The molecular weight excluding hydrogens is 431 g/mol. The fourth-order valence-corrected chi connectivity index (χ4v) is 4.72. The third-order valence-electron chi connectivity index (χ3n) is 5.31. The number of hydrogen-bond donors (Lipinski definition) is 2. The van der Waals surface area contributed by atoms with Crippen LogP contribution in [0.25, 0.3) is 10.2 Å². The van der Waals surface area contributed by atoms with Crippen molar-refractivity contribution in [1.82, 2.24) is 15.2 Å². The molecule has 2 N–H and O–H groups in total. The third kappa shape index (κ3) is 3.99. The molecule has 32 heavy (non-hydrogen) atoms. The van der Waals surface area contributed by atoms with E-state index in [2.05, 4.69) is 21.7 Å². The second-order valence-electron chi connectivity index (χ2n) is 7.43. The van der Waals surface area contributed by atoms with E-state index in [0.717, 1.165) is 20.7 Å². The number of benzene rings is 1. The number of nitrogens with zero attached hydrogens (tertiary/aromatic N) is 2. The Balaban J connectivity index is 1.34. The Bertz CT molecular complexity index is 1240. The van der Waals surface area contributed by atoms with E-state index in [9.17, 15) is 9.18 Å². The first kappa shape index (κ1) is 20.3. The van der Waals surface area contributed by atoms with Crippen LogP contribution in [0.5, 0.6) is 11.5 Å². The van der Waals surface area contributed by atoms with E-state index in [1.165, 1.54) is 6.07 Å². The van der Waals surface area contributed by atoms with E-state index in [-0.39, 0.29) is 17.9 Å². The maximum absolute atomic E-state index is 14.4. The number of dihydropyridines is 1. The summed E-state index contributed by atoms with van der Waals surface area (Å²) in [6.45, 7) is 1.56. The number of cyclic esters (lactones) is 1. The van der Waals surface area contributed by atoms with Gasteiger partial charge in [0.1, 0.15) is 12.4 Å². The summed E-state index contributed by atoms with van der Waals surface area (Å²) in [6, 6.07) is 8.49. The molecule has 2 aromatic heterocycles. The van der Waals surface area contributed by atoms with Crippen molar-refractivity contribution in [3.8, 4) is 11.5 Å². The molecule has 4 heterocycles. The van der Waals surface area contributed by atoms with E-state index in [4.69, 9.17) is 9.47 Å². The van der Waals surface area contributed by atoms with Gasteiger partial charge in [-0.05, 0) is 23.8 Å². The molecule has 1 unspecified atom stereocenters. The maximum Gasteiger partial charge on any atom is 0.410 e. The van der Waals surface area contributed by atoms with Gasteiger partial charge in [0.15, 0.2) is 11.6 Å². The Labute approximate surface area is 188 Å². The average Bonchev–Trinajstić information content (AvgIpc) is 3.42. The number of pyridine rings is 1. The highest BCUT2D eigenvalue weighted by Gasteiger charge is 2.23. The number of carbonyl (C=O) groups excluding carboxylic acids is 1. The van der Waals surface area contributed by atoms with Crippen LogP contribution in [0, 0.1) is 5.82 Å². The average molecular weight is 453 g/mol. The van der Waals surface area contributed by atoms with Gasteiger partial charge in [0, 0.05) is 42.1 Å². The molecule has 1 fully saturated rings. The molecule has 1 amide bonds. The van der Waals surface area contributed by atoms with Gasteiger partial charge >= 0.3 is 6.09 Å². The van der Waals surface area contributed by atoms with Crippen LogP contribution in [0.2, 0.25) is 0 Å². The lowest BCUT2D eigenvalue weighted by atomic mass is 10.1. The number of nitrogens with one attached hydrogen (secondary N) is 2. The highest BCUT2D eigenvalue weighted by Crippen LogP contribution is 2.38. The topological polar surface area (TPSA) is 75.7 Å². The standard InChI is InChI=1S/C23H21FN4O3S/c1-25-15-3-5-19(16(24)10-15)31-20-6-7-26-18-11-21(32-22(18)20)17-4-2-14(12-27-17)13-28-8-9-30-23(28)29/h2-7,10-12,17,25,27H,8-9,13H2,1H3. The number of rotatable bonds is 6. The van der Waals surface area contributed by atoms with E-state index in [1.807, 2.05) is 18.3 Å². The quantitative estimate of drug-likeness (QED) is 0.559. The van der Waals surface area contributed by atoms with Crippen LogP contribution in [0.1, 0.15) is 10.9 Å². The van der Waals surface area contributed by atoms with Crippen molar-refractivity contribution in [1.29, 1.82) is 0 Å². The molecule has 3 aromatic rings. The number of carbonyl (C=O) groups is 1. The van der Waals surface area contributed by atoms with Crippen molar-refractivity contribution < 1.29 is 18.7 Å². The van der Waals surface area contributed by atoms with Gasteiger partial charge in [-0.15, -0.1) is 11.3 Å². The second-order valence-corrected chi connectivity index (χ2v) is 8.51. The number of anilines is 1. The van der Waals surface area contributed by atoms with Gasteiger partial charge < -0.3 is 25.0 Å². The van der Waals surface area contributed by atoms with Crippen LogP contribution >= 0.6 is 11.3 Å². The van der Waals surface area contributed by atoms with Crippen LogP contribution in [0.3, 0.4) is 0 Å². The van der Waals surface area contributed by atoms with Crippen molar-refractivity contribution in [3.05, 3.63) is 71.1 Å². The number of fused-ring (bicyclic) bond motifs is 1. The Morgan fingerprint density at radius 3 is 2.97 bits per heavy atom. The molecule has 9 heteroatoms. The van der Waals surface area contributed by atoms with Crippen LogP contribution in [0.4, 0.5) is 14.9 Å². The Hall–Kier alpha value is -3.59. The summed E-state index contributed by atoms with van der Waals surface area (Å²) in [5, 5.41) is 6.28. The Morgan fingerprint density at radius 2 is 2.25 bits per heavy atom. The van der Waals surface area contributed by atoms with Crippen molar-refractivity contribution >= 4 is 33.3 Å². The molecule has 1 saturated heterocycles. The lowest BCUT2D eigenvalue weighted by molar-refractivity contribution is 0.160. The second kappa shape index (κ2) is 8.51. The first-order chi connectivity index (χ1) is 15.6. The molecule has 5 rings (SSSR count). The van der Waals surface area contributed by atoms with E-state index in [1.54, 1.807) is 47.7 Å². The molecule has 0 bridgehead atoms. The van der Waals surface area contributed by atoms with Gasteiger partial charge in [0.05, 0.1) is 29.3 Å². The molecule has 0 spiro atoms. The van der Waals surface area contributed by atoms with Crippen LogP contribution in [-0.4, -0.2) is 42.7 Å². The van der Waals surface area contributed by atoms with Crippen molar-refractivity contribution in [3.63, 3.8) is 0 Å². The maximum atomic E-state index is 14.4.